The van der Waals surface area contributed by atoms with E-state index < -0.39 is 0 Å². The Balaban J connectivity index is 1.55. The molecule has 0 radical (unpaired) electrons. The van der Waals surface area contributed by atoms with Gasteiger partial charge in [-0.05, 0) is 48.7 Å². The summed E-state index contributed by atoms with van der Waals surface area (Å²) in [6.07, 6.45) is 2.50. The van der Waals surface area contributed by atoms with Crippen molar-refractivity contribution in [3.8, 4) is 5.69 Å². The highest BCUT2D eigenvalue weighted by atomic mass is 16.1. The quantitative estimate of drug-likeness (QED) is 0.596. The lowest BCUT2D eigenvalue weighted by Crippen LogP contribution is -2.26. The molecule has 4 rings (SSSR count). The molecule has 6 nitrogen and oxygen atoms in total. The minimum atomic E-state index is -0.0948. The molecule has 27 heavy (non-hydrogen) atoms. The van der Waals surface area contributed by atoms with Gasteiger partial charge in [0.2, 0.25) is 0 Å². The fourth-order valence-electron chi connectivity index (χ4n) is 3.09. The van der Waals surface area contributed by atoms with Gasteiger partial charge in [-0.15, -0.1) is 5.10 Å². The molecule has 0 fully saturated rings. The highest BCUT2D eigenvalue weighted by Crippen LogP contribution is 2.20. The number of hydrogen-bond donors (Lipinski definition) is 1. The van der Waals surface area contributed by atoms with E-state index >= 15 is 0 Å². The number of benzene rings is 2. The van der Waals surface area contributed by atoms with Crippen LogP contribution < -0.4 is 5.32 Å². The molecule has 0 bridgehead atoms. The Morgan fingerprint density at radius 3 is 2.74 bits per heavy atom. The van der Waals surface area contributed by atoms with Crippen LogP contribution in [-0.2, 0) is 6.42 Å². The van der Waals surface area contributed by atoms with Crippen LogP contribution in [0.1, 0.15) is 21.5 Å². The van der Waals surface area contributed by atoms with Gasteiger partial charge in [-0.25, -0.2) is 4.98 Å². The Hall–Kier alpha value is -3.54. The molecule has 0 aliphatic heterocycles. The minimum Gasteiger partial charge on any atom is -0.352 e. The summed E-state index contributed by atoms with van der Waals surface area (Å²) in [6, 6.07) is 19.4. The predicted molar refractivity (Wildman–Crippen MR) is 104 cm³/mol. The molecule has 0 aliphatic carbocycles. The highest BCUT2D eigenvalue weighted by molar-refractivity contribution is 5.96. The zero-order valence-electron chi connectivity index (χ0n) is 15.0. The average molecular weight is 357 g/mol. The van der Waals surface area contributed by atoms with E-state index in [1.54, 1.807) is 10.9 Å². The average Bonchev–Trinajstić information content (AvgIpc) is 3.13. The maximum Gasteiger partial charge on any atom is 0.251 e. The van der Waals surface area contributed by atoms with Crippen LogP contribution in [0.3, 0.4) is 0 Å². The maximum absolute atomic E-state index is 12.7. The maximum atomic E-state index is 12.7. The van der Waals surface area contributed by atoms with E-state index in [2.05, 4.69) is 32.7 Å². The number of carbonyl (C=O) groups is 1. The molecular formula is C21H19N5O. The number of fused-ring (bicyclic) bond motifs is 1. The first-order valence-electron chi connectivity index (χ1n) is 8.82. The number of nitrogens with one attached hydrogen (secondary N) is 1. The van der Waals surface area contributed by atoms with Gasteiger partial charge in [0.1, 0.15) is 5.52 Å². The third kappa shape index (κ3) is 3.42. The lowest BCUT2D eigenvalue weighted by molar-refractivity contribution is 0.0953. The van der Waals surface area contributed by atoms with E-state index in [1.165, 1.54) is 5.56 Å². The van der Waals surface area contributed by atoms with Crippen molar-refractivity contribution in [3.63, 3.8) is 0 Å². The zero-order valence-corrected chi connectivity index (χ0v) is 15.0. The first-order valence-corrected chi connectivity index (χ1v) is 8.82. The number of aromatic nitrogens is 4. The van der Waals surface area contributed by atoms with E-state index in [4.69, 9.17) is 0 Å². The summed E-state index contributed by atoms with van der Waals surface area (Å²) in [5.41, 5.74) is 4.85. The van der Waals surface area contributed by atoms with Crippen molar-refractivity contribution >= 4 is 17.1 Å². The number of carbonyl (C=O) groups excluding carboxylic acids is 1. The Kier molecular flexibility index (Phi) is 4.61. The Morgan fingerprint density at radius 1 is 1.04 bits per heavy atom. The van der Waals surface area contributed by atoms with Crippen molar-refractivity contribution in [1.82, 2.24) is 25.3 Å². The van der Waals surface area contributed by atoms with Crippen LogP contribution in [0.25, 0.3) is 16.9 Å². The molecule has 6 heteroatoms. The molecule has 1 amide bonds. The number of nitrogens with zero attached hydrogens (tertiary/aromatic N) is 4. The van der Waals surface area contributed by atoms with Crippen molar-refractivity contribution < 1.29 is 4.79 Å². The largest absolute Gasteiger partial charge is 0.352 e. The van der Waals surface area contributed by atoms with Gasteiger partial charge in [0.05, 0.1) is 5.69 Å². The number of hydrogen-bond acceptors (Lipinski definition) is 4. The number of amides is 1. The van der Waals surface area contributed by atoms with Crippen molar-refractivity contribution in [2.45, 2.75) is 13.3 Å². The van der Waals surface area contributed by atoms with Crippen molar-refractivity contribution in [1.29, 1.82) is 0 Å². The monoisotopic (exact) mass is 357 g/mol. The van der Waals surface area contributed by atoms with Crippen LogP contribution in [0.5, 0.6) is 0 Å². The Labute approximate surface area is 156 Å². The van der Waals surface area contributed by atoms with Crippen LogP contribution in [0, 0.1) is 6.92 Å². The molecule has 0 saturated carbocycles. The van der Waals surface area contributed by atoms with Crippen molar-refractivity contribution in [2.75, 3.05) is 6.54 Å². The molecule has 134 valence electrons. The van der Waals surface area contributed by atoms with Gasteiger partial charge >= 0.3 is 0 Å². The normalized spacial score (nSPS) is 10.9. The highest BCUT2D eigenvalue weighted by Gasteiger charge is 2.15. The third-order valence-electron chi connectivity index (χ3n) is 4.53. The summed E-state index contributed by atoms with van der Waals surface area (Å²) in [5, 5.41) is 11.3. The summed E-state index contributed by atoms with van der Waals surface area (Å²) in [4.78, 5) is 17.0. The minimum absolute atomic E-state index is 0.0948. The predicted octanol–water partition coefficient (Wildman–Crippen LogP) is 3.10. The smallest absolute Gasteiger partial charge is 0.251 e. The molecule has 0 unspecified atom stereocenters. The van der Waals surface area contributed by atoms with Gasteiger partial charge in [0, 0.05) is 18.3 Å². The molecule has 2 heterocycles. The van der Waals surface area contributed by atoms with Crippen LogP contribution in [-0.4, -0.2) is 32.4 Å². The second-order valence-electron chi connectivity index (χ2n) is 6.29. The van der Waals surface area contributed by atoms with Gasteiger partial charge in [-0.2, -0.15) is 4.68 Å². The van der Waals surface area contributed by atoms with E-state index in [9.17, 15) is 4.79 Å². The SMILES string of the molecule is Cc1c(C(=O)NCCc2ccccc2)cccc1-n1nnc2cccnc21. The van der Waals surface area contributed by atoms with E-state index in [0.717, 1.165) is 23.2 Å². The number of rotatable bonds is 5. The first-order chi connectivity index (χ1) is 13.2. The second-order valence-corrected chi connectivity index (χ2v) is 6.29. The third-order valence-corrected chi connectivity index (χ3v) is 4.53. The standard InChI is InChI=1S/C21H19N5O/c1-15-17(21(27)23-14-12-16-7-3-2-4-8-16)9-5-11-19(15)26-20-18(24-25-26)10-6-13-22-20/h2-11,13H,12,14H2,1H3,(H,23,27). The molecule has 2 aromatic heterocycles. The summed E-state index contributed by atoms with van der Waals surface area (Å²) in [5.74, 6) is -0.0948. The van der Waals surface area contributed by atoms with Crippen molar-refractivity contribution in [2.24, 2.45) is 0 Å². The molecule has 0 spiro atoms. The molecule has 0 aliphatic rings. The Bertz CT molecular complexity index is 1090. The Morgan fingerprint density at radius 2 is 1.89 bits per heavy atom. The zero-order chi connectivity index (χ0) is 18.6. The summed E-state index contributed by atoms with van der Waals surface area (Å²) < 4.78 is 1.67. The van der Waals surface area contributed by atoms with E-state index in [0.29, 0.717) is 17.8 Å². The van der Waals surface area contributed by atoms with Gasteiger partial charge in [0.25, 0.3) is 5.91 Å². The molecule has 1 N–H and O–H groups in total. The van der Waals surface area contributed by atoms with Crippen LogP contribution in [0.4, 0.5) is 0 Å². The summed E-state index contributed by atoms with van der Waals surface area (Å²) >= 11 is 0. The van der Waals surface area contributed by atoms with Gasteiger partial charge in [-0.1, -0.05) is 41.6 Å². The topological polar surface area (TPSA) is 72.7 Å². The fourth-order valence-corrected chi connectivity index (χ4v) is 3.09. The summed E-state index contributed by atoms with van der Waals surface area (Å²) in [6.45, 7) is 2.50. The number of pyridine rings is 1. The van der Waals surface area contributed by atoms with Crippen LogP contribution in [0.15, 0.2) is 66.9 Å². The lowest BCUT2D eigenvalue weighted by Gasteiger charge is -2.11. The van der Waals surface area contributed by atoms with Gasteiger partial charge in [0.15, 0.2) is 5.65 Å². The first kappa shape index (κ1) is 16.9. The lowest BCUT2D eigenvalue weighted by atomic mass is 10.1. The van der Waals surface area contributed by atoms with Crippen LogP contribution in [0.2, 0.25) is 0 Å². The second kappa shape index (κ2) is 7.37. The molecular weight excluding hydrogens is 338 g/mol. The van der Waals surface area contributed by atoms with Crippen molar-refractivity contribution in [3.05, 3.63) is 83.6 Å². The van der Waals surface area contributed by atoms with Crippen LogP contribution >= 0.6 is 0 Å². The van der Waals surface area contributed by atoms with Gasteiger partial charge in [-0.3, -0.25) is 4.79 Å². The molecule has 0 atom stereocenters. The summed E-state index contributed by atoms with van der Waals surface area (Å²) in [7, 11) is 0. The van der Waals surface area contributed by atoms with E-state index in [-0.39, 0.29) is 5.91 Å². The molecule has 4 aromatic rings. The fraction of sp³-hybridized carbons (Fsp3) is 0.143. The van der Waals surface area contributed by atoms with E-state index in [1.807, 2.05) is 55.5 Å². The van der Waals surface area contributed by atoms with Gasteiger partial charge < -0.3 is 5.32 Å². The molecule has 2 aromatic carbocycles. The molecule has 0 saturated heterocycles.